The van der Waals surface area contributed by atoms with Crippen LogP contribution in [0.15, 0.2) is 33.6 Å². The molecule has 1 aliphatic carbocycles. The summed E-state index contributed by atoms with van der Waals surface area (Å²) in [7, 11) is -2.39. The maximum absolute atomic E-state index is 12.4. The quantitative estimate of drug-likeness (QED) is 0.621. The summed E-state index contributed by atoms with van der Waals surface area (Å²) in [5.41, 5.74) is 0. The molecule has 27 heavy (non-hydrogen) atoms. The molecule has 2 N–H and O–H groups in total. The van der Waals surface area contributed by atoms with Crippen molar-refractivity contribution in [3.63, 3.8) is 0 Å². The van der Waals surface area contributed by atoms with Crippen LogP contribution in [0.3, 0.4) is 0 Å². The number of nitrogens with one attached hydrogen (secondary N) is 2. The van der Waals surface area contributed by atoms with E-state index in [1.807, 2.05) is 0 Å². The first-order valence-corrected chi connectivity index (χ1v) is 11.3. The standard InChI is InChI=1S/C18H26BrN3O4S/c1-22(27(25,26)16-9-7-14(19)8-10-16)13-18(24)20-12-11-17(23)21-15-5-3-2-4-6-15/h7-10,15H,2-6,11-13H2,1H3,(H,20,24)(H,21,23). The van der Waals surface area contributed by atoms with Gasteiger partial charge in [-0.2, -0.15) is 4.31 Å². The number of carbonyl (C=O) groups is 2. The van der Waals surface area contributed by atoms with Gasteiger partial charge in [-0.05, 0) is 37.1 Å². The third-order valence-corrected chi connectivity index (χ3v) is 6.88. The van der Waals surface area contributed by atoms with E-state index in [4.69, 9.17) is 0 Å². The fourth-order valence-electron chi connectivity index (χ4n) is 2.99. The van der Waals surface area contributed by atoms with Gasteiger partial charge in [-0.25, -0.2) is 8.42 Å². The molecule has 7 nitrogen and oxygen atoms in total. The summed E-state index contributed by atoms with van der Waals surface area (Å²) in [6, 6.07) is 6.45. The third kappa shape index (κ3) is 6.90. The fourth-order valence-corrected chi connectivity index (χ4v) is 4.38. The van der Waals surface area contributed by atoms with Gasteiger partial charge in [0.1, 0.15) is 0 Å². The highest BCUT2D eigenvalue weighted by molar-refractivity contribution is 9.10. The molecule has 0 unspecified atom stereocenters. The summed E-state index contributed by atoms with van der Waals surface area (Å²) < 4.78 is 26.7. The average molecular weight is 460 g/mol. The molecule has 0 aromatic heterocycles. The zero-order chi connectivity index (χ0) is 19.9. The van der Waals surface area contributed by atoms with Crippen LogP contribution in [-0.2, 0) is 19.6 Å². The minimum atomic E-state index is -3.74. The lowest BCUT2D eigenvalue weighted by Crippen LogP contribution is -2.41. The van der Waals surface area contributed by atoms with E-state index in [1.165, 1.54) is 25.6 Å². The number of amides is 2. The van der Waals surface area contributed by atoms with Gasteiger partial charge >= 0.3 is 0 Å². The highest BCUT2D eigenvalue weighted by atomic mass is 79.9. The number of hydrogen-bond acceptors (Lipinski definition) is 4. The Balaban J connectivity index is 1.74. The van der Waals surface area contributed by atoms with E-state index >= 15 is 0 Å². The number of rotatable bonds is 8. The number of halogens is 1. The van der Waals surface area contributed by atoms with Crippen molar-refractivity contribution in [2.24, 2.45) is 0 Å². The van der Waals surface area contributed by atoms with Crippen molar-refractivity contribution in [3.8, 4) is 0 Å². The summed E-state index contributed by atoms with van der Waals surface area (Å²) in [6.45, 7) is -0.119. The number of carbonyl (C=O) groups excluding carboxylic acids is 2. The van der Waals surface area contributed by atoms with Crippen molar-refractivity contribution in [2.45, 2.75) is 49.5 Å². The van der Waals surface area contributed by atoms with Gasteiger partial charge in [0.2, 0.25) is 21.8 Å². The van der Waals surface area contributed by atoms with Crippen LogP contribution in [0, 0.1) is 0 Å². The minimum absolute atomic E-state index is 0.0851. The number of likely N-dealkylation sites (N-methyl/N-ethyl adjacent to an activating group) is 1. The summed E-state index contributed by atoms with van der Waals surface area (Å²) >= 11 is 3.26. The molecule has 0 saturated heterocycles. The fraction of sp³-hybridized carbons (Fsp3) is 0.556. The lowest BCUT2D eigenvalue weighted by molar-refractivity contribution is -0.122. The van der Waals surface area contributed by atoms with E-state index in [0.29, 0.717) is 0 Å². The maximum atomic E-state index is 12.4. The second-order valence-electron chi connectivity index (χ2n) is 6.72. The molecule has 150 valence electrons. The molecule has 1 aromatic carbocycles. The van der Waals surface area contributed by atoms with Gasteiger partial charge in [-0.15, -0.1) is 0 Å². The van der Waals surface area contributed by atoms with Crippen LogP contribution in [0.4, 0.5) is 0 Å². The molecule has 2 rings (SSSR count). The van der Waals surface area contributed by atoms with Crippen molar-refractivity contribution in [3.05, 3.63) is 28.7 Å². The first-order valence-electron chi connectivity index (χ1n) is 9.07. The molecule has 0 atom stereocenters. The van der Waals surface area contributed by atoms with Crippen molar-refractivity contribution in [1.82, 2.24) is 14.9 Å². The second kappa shape index (κ2) is 10.2. The Bertz CT molecular complexity index is 746. The number of nitrogens with zero attached hydrogens (tertiary/aromatic N) is 1. The highest BCUT2D eigenvalue weighted by Gasteiger charge is 2.23. The van der Waals surface area contributed by atoms with Crippen LogP contribution in [0.2, 0.25) is 0 Å². The number of sulfonamides is 1. The molecule has 2 amide bonds. The summed E-state index contributed by atoms with van der Waals surface area (Å²) in [5, 5.41) is 5.58. The van der Waals surface area contributed by atoms with Gasteiger partial charge in [0, 0.05) is 30.5 Å². The van der Waals surface area contributed by atoms with Gasteiger partial charge in [-0.3, -0.25) is 9.59 Å². The number of benzene rings is 1. The molecule has 1 aromatic rings. The van der Waals surface area contributed by atoms with Gasteiger partial charge in [0.25, 0.3) is 0 Å². The van der Waals surface area contributed by atoms with E-state index in [2.05, 4.69) is 26.6 Å². The summed E-state index contributed by atoms with van der Waals surface area (Å²) in [4.78, 5) is 24.0. The third-order valence-electron chi connectivity index (χ3n) is 4.53. The van der Waals surface area contributed by atoms with Gasteiger partial charge in [-0.1, -0.05) is 35.2 Å². The lowest BCUT2D eigenvalue weighted by Gasteiger charge is -2.22. The Morgan fingerprint density at radius 1 is 1.11 bits per heavy atom. The Morgan fingerprint density at radius 3 is 2.37 bits per heavy atom. The van der Waals surface area contributed by atoms with Gasteiger partial charge < -0.3 is 10.6 Å². The SMILES string of the molecule is CN(CC(=O)NCCC(=O)NC1CCCCC1)S(=O)(=O)c1ccc(Br)cc1. The average Bonchev–Trinajstić information content (AvgIpc) is 2.62. The zero-order valence-corrected chi connectivity index (χ0v) is 17.8. The molecular formula is C18H26BrN3O4S. The molecule has 0 aliphatic heterocycles. The topological polar surface area (TPSA) is 95.6 Å². The molecule has 0 heterocycles. The van der Waals surface area contributed by atoms with Crippen LogP contribution >= 0.6 is 15.9 Å². The predicted octanol–water partition coefficient (Wildman–Crippen LogP) is 2.02. The lowest BCUT2D eigenvalue weighted by atomic mass is 9.95. The van der Waals surface area contributed by atoms with E-state index in [1.54, 1.807) is 12.1 Å². The molecule has 0 bridgehead atoms. The molecule has 9 heteroatoms. The van der Waals surface area contributed by atoms with Crippen molar-refractivity contribution >= 4 is 37.8 Å². The normalized spacial score (nSPS) is 15.5. The van der Waals surface area contributed by atoms with E-state index in [-0.39, 0.29) is 36.4 Å². The molecule has 0 spiro atoms. The largest absolute Gasteiger partial charge is 0.354 e. The Labute approximate surface area is 169 Å². The summed E-state index contributed by atoms with van der Waals surface area (Å²) in [6.07, 6.45) is 5.71. The van der Waals surface area contributed by atoms with Gasteiger partial charge in [0.15, 0.2) is 0 Å². The maximum Gasteiger partial charge on any atom is 0.243 e. The first kappa shape index (κ1) is 21.8. The van der Waals surface area contributed by atoms with Crippen LogP contribution in [-0.4, -0.2) is 50.7 Å². The Morgan fingerprint density at radius 2 is 1.74 bits per heavy atom. The van der Waals surface area contributed by atoms with Crippen molar-refractivity contribution in [2.75, 3.05) is 20.1 Å². The van der Waals surface area contributed by atoms with Crippen LogP contribution in [0.25, 0.3) is 0 Å². The Hall–Kier alpha value is -1.45. The van der Waals surface area contributed by atoms with Crippen molar-refractivity contribution in [1.29, 1.82) is 0 Å². The Kier molecular flexibility index (Phi) is 8.25. The molecule has 1 aliphatic rings. The van der Waals surface area contributed by atoms with E-state index in [9.17, 15) is 18.0 Å². The molecular weight excluding hydrogens is 434 g/mol. The van der Waals surface area contributed by atoms with E-state index < -0.39 is 15.9 Å². The minimum Gasteiger partial charge on any atom is -0.354 e. The van der Waals surface area contributed by atoms with E-state index in [0.717, 1.165) is 34.5 Å². The highest BCUT2D eigenvalue weighted by Crippen LogP contribution is 2.18. The monoisotopic (exact) mass is 459 g/mol. The predicted molar refractivity (Wildman–Crippen MR) is 107 cm³/mol. The summed E-state index contributed by atoms with van der Waals surface area (Å²) in [5.74, 6) is -0.526. The van der Waals surface area contributed by atoms with Crippen LogP contribution < -0.4 is 10.6 Å². The van der Waals surface area contributed by atoms with Crippen LogP contribution in [0.1, 0.15) is 38.5 Å². The van der Waals surface area contributed by atoms with Gasteiger partial charge in [0.05, 0.1) is 11.4 Å². The molecule has 0 radical (unpaired) electrons. The number of hydrogen-bond donors (Lipinski definition) is 2. The molecule has 1 fully saturated rings. The molecule has 1 saturated carbocycles. The van der Waals surface area contributed by atoms with Crippen LogP contribution in [0.5, 0.6) is 0 Å². The smallest absolute Gasteiger partial charge is 0.243 e. The second-order valence-corrected chi connectivity index (χ2v) is 9.68. The zero-order valence-electron chi connectivity index (χ0n) is 15.4. The van der Waals surface area contributed by atoms with Crippen molar-refractivity contribution < 1.29 is 18.0 Å². The first-order chi connectivity index (χ1) is 12.8.